The summed E-state index contributed by atoms with van der Waals surface area (Å²) < 4.78 is 5.60. The molecule has 2 rings (SSSR count). The van der Waals surface area contributed by atoms with Crippen molar-refractivity contribution >= 4 is 18.3 Å². The number of hydrogen-bond acceptors (Lipinski definition) is 3. The summed E-state index contributed by atoms with van der Waals surface area (Å²) in [6.45, 7) is 5.52. The van der Waals surface area contributed by atoms with E-state index in [0.29, 0.717) is 25.5 Å². The van der Waals surface area contributed by atoms with Crippen molar-refractivity contribution in [2.45, 2.75) is 39.0 Å². The predicted molar refractivity (Wildman–Crippen MR) is 96.4 cm³/mol. The molecule has 0 aliphatic carbocycles. The minimum atomic E-state index is 0. The van der Waals surface area contributed by atoms with Crippen LogP contribution in [0.2, 0.25) is 0 Å². The summed E-state index contributed by atoms with van der Waals surface area (Å²) in [7, 11) is 0. The molecule has 0 atom stereocenters. The molecule has 1 aromatic carbocycles. The summed E-state index contributed by atoms with van der Waals surface area (Å²) in [6.07, 6.45) is 4.89. The van der Waals surface area contributed by atoms with Crippen LogP contribution in [0, 0.1) is 5.92 Å². The van der Waals surface area contributed by atoms with Crippen LogP contribution >= 0.6 is 12.4 Å². The first-order valence-corrected chi connectivity index (χ1v) is 8.47. The highest BCUT2D eigenvalue weighted by Crippen LogP contribution is 2.19. The highest BCUT2D eigenvalue weighted by atomic mass is 35.5. The van der Waals surface area contributed by atoms with Crippen LogP contribution in [0.3, 0.4) is 0 Å². The third-order valence-electron chi connectivity index (χ3n) is 4.23. The lowest BCUT2D eigenvalue weighted by atomic mass is 9.93. The van der Waals surface area contributed by atoms with Gasteiger partial charge in [-0.3, -0.25) is 4.79 Å². The van der Waals surface area contributed by atoms with Crippen molar-refractivity contribution in [3.05, 3.63) is 29.8 Å². The van der Waals surface area contributed by atoms with Gasteiger partial charge in [-0.2, -0.15) is 0 Å². The summed E-state index contributed by atoms with van der Waals surface area (Å²) in [6, 6.07) is 8.03. The molecule has 1 saturated heterocycles. The zero-order valence-electron chi connectivity index (χ0n) is 14.0. The minimum Gasteiger partial charge on any atom is -0.494 e. The van der Waals surface area contributed by atoms with Crippen LogP contribution in [0.4, 0.5) is 0 Å². The minimum absolute atomic E-state index is 0. The lowest BCUT2D eigenvalue weighted by Gasteiger charge is -2.22. The van der Waals surface area contributed by atoms with Gasteiger partial charge in [0.1, 0.15) is 5.75 Å². The van der Waals surface area contributed by atoms with E-state index in [2.05, 4.69) is 16.7 Å². The molecule has 0 unspecified atom stereocenters. The second-order valence-electron chi connectivity index (χ2n) is 5.87. The van der Waals surface area contributed by atoms with E-state index in [9.17, 15) is 4.79 Å². The standard InChI is InChI=1S/C18H28N2O2.ClH/c1-2-22-17-6-4-3-5-16(17)11-14-20-18(21)8-7-15-9-12-19-13-10-15;/h3-6,15,19H,2,7-14H2,1H3,(H,20,21);1H. The number of piperidine rings is 1. The average molecular weight is 341 g/mol. The van der Waals surface area contributed by atoms with E-state index in [1.54, 1.807) is 0 Å². The molecule has 1 aliphatic heterocycles. The van der Waals surface area contributed by atoms with Crippen LogP contribution in [0.5, 0.6) is 5.75 Å². The molecular weight excluding hydrogens is 312 g/mol. The lowest BCUT2D eigenvalue weighted by molar-refractivity contribution is -0.121. The number of amides is 1. The second kappa shape index (κ2) is 11.3. The Balaban J connectivity index is 0.00000264. The third kappa shape index (κ3) is 7.23. The largest absolute Gasteiger partial charge is 0.494 e. The van der Waals surface area contributed by atoms with Crippen LogP contribution in [-0.2, 0) is 11.2 Å². The van der Waals surface area contributed by atoms with Crippen molar-refractivity contribution in [1.29, 1.82) is 0 Å². The molecule has 1 aromatic rings. The molecule has 5 heteroatoms. The van der Waals surface area contributed by atoms with Crippen LogP contribution < -0.4 is 15.4 Å². The van der Waals surface area contributed by atoms with Crippen LogP contribution in [0.15, 0.2) is 24.3 Å². The van der Waals surface area contributed by atoms with Gasteiger partial charge in [0.05, 0.1) is 6.61 Å². The first-order valence-electron chi connectivity index (χ1n) is 8.47. The van der Waals surface area contributed by atoms with Crippen molar-refractivity contribution in [2.75, 3.05) is 26.2 Å². The van der Waals surface area contributed by atoms with Gasteiger partial charge < -0.3 is 15.4 Å². The van der Waals surface area contributed by atoms with E-state index < -0.39 is 0 Å². The van der Waals surface area contributed by atoms with Crippen LogP contribution in [0.1, 0.15) is 38.2 Å². The summed E-state index contributed by atoms with van der Waals surface area (Å²) in [5, 5.41) is 6.39. The summed E-state index contributed by atoms with van der Waals surface area (Å²) >= 11 is 0. The van der Waals surface area contributed by atoms with Crippen molar-refractivity contribution < 1.29 is 9.53 Å². The highest BCUT2D eigenvalue weighted by Gasteiger charge is 2.14. The average Bonchev–Trinajstić information content (AvgIpc) is 2.56. The number of rotatable bonds is 8. The molecule has 1 aliphatic rings. The summed E-state index contributed by atoms with van der Waals surface area (Å²) in [4.78, 5) is 11.9. The molecule has 0 radical (unpaired) electrons. The van der Waals surface area contributed by atoms with Gasteiger partial charge in [-0.05, 0) is 63.2 Å². The Bertz CT molecular complexity index is 462. The number of carbonyl (C=O) groups excluding carboxylic acids is 1. The Kier molecular flexibility index (Phi) is 9.72. The molecule has 0 aromatic heterocycles. The first-order chi connectivity index (χ1) is 10.8. The Morgan fingerprint density at radius 2 is 2.04 bits per heavy atom. The predicted octanol–water partition coefficient (Wildman–Crippen LogP) is 2.95. The van der Waals surface area contributed by atoms with E-state index in [1.807, 2.05) is 25.1 Å². The number of nitrogens with one attached hydrogen (secondary N) is 2. The fourth-order valence-electron chi connectivity index (χ4n) is 2.94. The first kappa shape index (κ1) is 19.8. The normalized spacial score (nSPS) is 14.8. The van der Waals surface area contributed by atoms with E-state index in [-0.39, 0.29) is 18.3 Å². The quantitative estimate of drug-likeness (QED) is 0.765. The fourth-order valence-corrected chi connectivity index (χ4v) is 2.94. The Morgan fingerprint density at radius 3 is 2.78 bits per heavy atom. The van der Waals surface area contributed by atoms with Crippen molar-refractivity contribution in [1.82, 2.24) is 10.6 Å². The maximum Gasteiger partial charge on any atom is 0.220 e. The van der Waals surface area contributed by atoms with E-state index >= 15 is 0 Å². The number of para-hydroxylation sites is 1. The third-order valence-corrected chi connectivity index (χ3v) is 4.23. The molecule has 0 spiro atoms. The zero-order valence-corrected chi connectivity index (χ0v) is 14.8. The van der Waals surface area contributed by atoms with Crippen LogP contribution in [-0.4, -0.2) is 32.1 Å². The molecule has 4 nitrogen and oxygen atoms in total. The lowest BCUT2D eigenvalue weighted by Crippen LogP contribution is -2.30. The van der Waals surface area contributed by atoms with Gasteiger partial charge in [0.25, 0.3) is 0 Å². The topological polar surface area (TPSA) is 50.4 Å². The Labute approximate surface area is 145 Å². The fraction of sp³-hybridized carbons (Fsp3) is 0.611. The maximum absolute atomic E-state index is 11.9. The Morgan fingerprint density at radius 1 is 1.30 bits per heavy atom. The number of benzene rings is 1. The SMILES string of the molecule is CCOc1ccccc1CCNC(=O)CCC1CCNCC1.Cl. The molecule has 1 heterocycles. The highest BCUT2D eigenvalue weighted by molar-refractivity contribution is 5.85. The molecule has 0 saturated carbocycles. The zero-order chi connectivity index (χ0) is 15.6. The van der Waals surface area contributed by atoms with E-state index in [1.165, 1.54) is 12.8 Å². The van der Waals surface area contributed by atoms with Gasteiger partial charge in [-0.1, -0.05) is 18.2 Å². The number of ether oxygens (including phenoxy) is 1. The molecule has 2 N–H and O–H groups in total. The number of halogens is 1. The second-order valence-corrected chi connectivity index (χ2v) is 5.87. The van der Waals surface area contributed by atoms with Crippen molar-refractivity contribution in [3.63, 3.8) is 0 Å². The molecule has 130 valence electrons. The van der Waals surface area contributed by atoms with Gasteiger partial charge in [-0.15, -0.1) is 12.4 Å². The monoisotopic (exact) mass is 340 g/mol. The van der Waals surface area contributed by atoms with Crippen molar-refractivity contribution in [2.24, 2.45) is 5.92 Å². The number of carbonyl (C=O) groups is 1. The molecule has 0 bridgehead atoms. The summed E-state index contributed by atoms with van der Waals surface area (Å²) in [5.41, 5.74) is 1.16. The van der Waals surface area contributed by atoms with Crippen LogP contribution in [0.25, 0.3) is 0 Å². The summed E-state index contributed by atoms with van der Waals surface area (Å²) in [5.74, 6) is 1.81. The Hall–Kier alpha value is -1.26. The van der Waals surface area contributed by atoms with Gasteiger partial charge in [0.15, 0.2) is 0 Å². The van der Waals surface area contributed by atoms with Gasteiger partial charge in [-0.25, -0.2) is 0 Å². The maximum atomic E-state index is 11.9. The molecule has 23 heavy (non-hydrogen) atoms. The van der Waals surface area contributed by atoms with Gasteiger partial charge in [0.2, 0.25) is 5.91 Å². The molecule has 1 amide bonds. The number of hydrogen-bond donors (Lipinski definition) is 2. The molecular formula is C18H29ClN2O2. The molecule has 1 fully saturated rings. The van der Waals surface area contributed by atoms with Crippen molar-refractivity contribution in [3.8, 4) is 5.75 Å². The van der Waals surface area contributed by atoms with Gasteiger partial charge >= 0.3 is 0 Å². The van der Waals surface area contributed by atoms with E-state index in [0.717, 1.165) is 37.2 Å². The van der Waals surface area contributed by atoms with Gasteiger partial charge in [0, 0.05) is 13.0 Å². The van der Waals surface area contributed by atoms with E-state index in [4.69, 9.17) is 4.74 Å². The smallest absolute Gasteiger partial charge is 0.220 e.